The molecule has 17 heavy (non-hydrogen) atoms. The van der Waals surface area contributed by atoms with Gasteiger partial charge in [0.25, 0.3) is 0 Å². The Balaban J connectivity index is 2.87. The number of halogens is 3. The quantitative estimate of drug-likeness (QED) is 0.751. The number of benzene rings is 1. The second kappa shape index (κ2) is 7.23. The van der Waals surface area contributed by atoms with E-state index in [0.717, 1.165) is 29.3 Å². The van der Waals surface area contributed by atoms with Crippen molar-refractivity contribution < 1.29 is 13.5 Å². The topological polar surface area (TPSA) is 33.0 Å². The van der Waals surface area contributed by atoms with Crippen LogP contribution in [0.25, 0.3) is 0 Å². The van der Waals surface area contributed by atoms with Crippen molar-refractivity contribution in [2.24, 2.45) is 0 Å². The lowest BCUT2D eigenvalue weighted by Crippen LogP contribution is -2.03. The Bertz CT molecular complexity index is 404. The molecule has 0 atom stereocenters. The fraction of sp³-hybridized carbons (Fsp3) is 0.417. The third-order valence-electron chi connectivity index (χ3n) is 2.25. The molecule has 5 heteroatoms. The van der Waals surface area contributed by atoms with Crippen LogP contribution in [0.4, 0.5) is 8.78 Å². The molecule has 0 bridgehead atoms. The van der Waals surface area contributed by atoms with Gasteiger partial charge in [-0.05, 0) is 36.1 Å². The standard InChI is InChI=1S/C12H12BrF2NO/c13-6-1-2-9-3-4-11(17-12(14)15)8-10(9)5-7-16/h3-4,8,12H,1-2,5-6H2. The van der Waals surface area contributed by atoms with Gasteiger partial charge in [-0.25, -0.2) is 0 Å². The maximum atomic E-state index is 12.0. The third kappa shape index (κ3) is 4.70. The van der Waals surface area contributed by atoms with E-state index in [1.54, 1.807) is 6.07 Å². The fourth-order valence-corrected chi connectivity index (χ4v) is 1.81. The largest absolute Gasteiger partial charge is 0.435 e. The number of ether oxygens (including phenoxy) is 1. The molecule has 2 nitrogen and oxygen atoms in total. The summed E-state index contributed by atoms with van der Waals surface area (Å²) in [5.41, 5.74) is 1.76. The van der Waals surface area contributed by atoms with Crippen LogP contribution in [-0.4, -0.2) is 11.9 Å². The van der Waals surface area contributed by atoms with Crippen LogP contribution >= 0.6 is 15.9 Å². The van der Waals surface area contributed by atoms with Gasteiger partial charge < -0.3 is 4.74 Å². The maximum Gasteiger partial charge on any atom is 0.387 e. The summed E-state index contributed by atoms with van der Waals surface area (Å²) in [6, 6.07) is 6.79. The fourth-order valence-electron chi connectivity index (χ4n) is 1.53. The molecule has 92 valence electrons. The zero-order chi connectivity index (χ0) is 12.7. The van der Waals surface area contributed by atoms with Gasteiger partial charge in [0.15, 0.2) is 0 Å². The Morgan fingerprint density at radius 2 is 2.12 bits per heavy atom. The molecule has 0 aliphatic heterocycles. The number of nitriles is 1. The first-order valence-electron chi connectivity index (χ1n) is 5.17. The minimum Gasteiger partial charge on any atom is -0.435 e. The molecule has 1 aromatic rings. The second-order valence-electron chi connectivity index (χ2n) is 3.44. The lowest BCUT2D eigenvalue weighted by Gasteiger charge is -2.10. The molecule has 0 amide bonds. The van der Waals surface area contributed by atoms with Crippen molar-refractivity contribution in [3.8, 4) is 11.8 Å². The minimum absolute atomic E-state index is 0.104. The number of hydrogen-bond acceptors (Lipinski definition) is 2. The van der Waals surface area contributed by atoms with Crippen LogP contribution in [-0.2, 0) is 12.8 Å². The number of alkyl halides is 3. The molecule has 0 spiro atoms. The predicted octanol–water partition coefficient (Wildman–Crippen LogP) is 3.68. The molecule has 0 aromatic heterocycles. The molecule has 0 aliphatic carbocycles. The third-order valence-corrected chi connectivity index (χ3v) is 2.81. The summed E-state index contributed by atoms with van der Waals surface area (Å²) in [4.78, 5) is 0. The van der Waals surface area contributed by atoms with Crippen molar-refractivity contribution in [2.75, 3.05) is 5.33 Å². The molecule has 1 aromatic carbocycles. The molecule has 0 fully saturated rings. The Morgan fingerprint density at radius 1 is 1.35 bits per heavy atom. The Hall–Kier alpha value is -1.15. The molecular weight excluding hydrogens is 292 g/mol. The molecule has 0 aliphatic rings. The molecule has 0 heterocycles. The predicted molar refractivity (Wildman–Crippen MR) is 64.5 cm³/mol. The molecule has 0 radical (unpaired) electrons. The van der Waals surface area contributed by atoms with Crippen LogP contribution in [0.1, 0.15) is 17.5 Å². The lowest BCUT2D eigenvalue weighted by molar-refractivity contribution is -0.0498. The van der Waals surface area contributed by atoms with E-state index in [1.807, 2.05) is 6.07 Å². The molecule has 1 rings (SSSR count). The van der Waals surface area contributed by atoms with E-state index in [1.165, 1.54) is 12.1 Å². The molecule has 0 unspecified atom stereocenters. The van der Waals surface area contributed by atoms with Crippen molar-refractivity contribution >= 4 is 15.9 Å². The Morgan fingerprint density at radius 3 is 2.71 bits per heavy atom. The highest BCUT2D eigenvalue weighted by molar-refractivity contribution is 9.09. The number of hydrogen-bond donors (Lipinski definition) is 0. The average molecular weight is 304 g/mol. The SMILES string of the molecule is N#CCc1cc(OC(F)F)ccc1CCCBr. The van der Waals surface area contributed by atoms with Crippen LogP contribution in [0.3, 0.4) is 0 Å². The van der Waals surface area contributed by atoms with Crippen molar-refractivity contribution in [1.29, 1.82) is 5.26 Å². The summed E-state index contributed by atoms with van der Waals surface area (Å²) in [5.74, 6) is 0.104. The van der Waals surface area contributed by atoms with Crippen LogP contribution in [0.5, 0.6) is 5.75 Å². The van der Waals surface area contributed by atoms with Gasteiger partial charge in [0, 0.05) is 5.33 Å². The van der Waals surface area contributed by atoms with Gasteiger partial charge in [-0.3, -0.25) is 0 Å². The molecule has 0 saturated heterocycles. The number of nitrogens with zero attached hydrogens (tertiary/aromatic N) is 1. The monoisotopic (exact) mass is 303 g/mol. The van der Waals surface area contributed by atoms with E-state index in [-0.39, 0.29) is 12.2 Å². The second-order valence-corrected chi connectivity index (χ2v) is 4.23. The van der Waals surface area contributed by atoms with Gasteiger partial charge in [-0.15, -0.1) is 0 Å². The van der Waals surface area contributed by atoms with E-state index in [0.29, 0.717) is 0 Å². The minimum atomic E-state index is -2.83. The first kappa shape index (κ1) is 13.9. The molecule has 0 N–H and O–H groups in total. The maximum absolute atomic E-state index is 12.0. The van der Waals surface area contributed by atoms with Gasteiger partial charge in [0.1, 0.15) is 5.75 Å². The number of rotatable bonds is 6. The van der Waals surface area contributed by atoms with E-state index in [9.17, 15) is 8.78 Å². The number of aryl methyl sites for hydroxylation is 1. The van der Waals surface area contributed by atoms with Crippen molar-refractivity contribution in [3.63, 3.8) is 0 Å². The lowest BCUT2D eigenvalue weighted by atomic mass is 10.0. The Labute approximate surface area is 107 Å². The first-order valence-corrected chi connectivity index (χ1v) is 6.29. The van der Waals surface area contributed by atoms with E-state index in [4.69, 9.17) is 5.26 Å². The highest BCUT2D eigenvalue weighted by atomic mass is 79.9. The average Bonchev–Trinajstić information content (AvgIpc) is 2.28. The van der Waals surface area contributed by atoms with Crippen LogP contribution < -0.4 is 4.74 Å². The first-order chi connectivity index (χ1) is 8.17. The van der Waals surface area contributed by atoms with E-state index >= 15 is 0 Å². The van der Waals surface area contributed by atoms with E-state index in [2.05, 4.69) is 20.7 Å². The van der Waals surface area contributed by atoms with E-state index < -0.39 is 6.61 Å². The summed E-state index contributed by atoms with van der Waals surface area (Å²) in [6.45, 7) is -2.83. The summed E-state index contributed by atoms with van der Waals surface area (Å²) < 4.78 is 28.4. The summed E-state index contributed by atoms with van der Waals surface area (Å²) >= 11 is 3.33. The Kier molecular flexibility index (Phi) is 5.92. The normalized spacial score (nSPS) is 10.3. The summed E-state index contributed by atoms with van der Waals surface area (Å²) in [5, 5.41) is 9.56. The van der Waals surface area contributed by atoms with Gasteiger partial charge in [0.2, 0.25) is 0 Å². The van der Waals surface area contributed by atoms with Gasteiger partial charge in [-0.2, -0.15) is 14.0 Å². The highest BCUT2D eigenvalue weighted by Gasteiger charge is 2.08. The van der Waals surface area contributed by atoms with Crippen molar-refractivity contribution in [3.05, 3.63) is 29.3 Å². The van der Waals surface area contributed by atoms with Gasteiger partial charge >= 0.3 is 6.61 Å². The van der Waals surface area contributed by atoms with Crippen LogP contribution in [0.2, 0.25) is 0 Å². The van der Waals surface area contributed by atoms with Crippen molar-refractivity contribution in [2.45, 2.75) is 25.9 Å². The zero-order valence-corrected chi connectivity index (χ0v) is 10.7. The highest BCUT2D eigenvalue weighted by Crippen LogP contribution is 2.21. The molecular formula is C12H12BrF2NO. The molecule has 0 saturated carbocycles. The summed E-state index contributed by atoms with van der Waals surface area (Å²) in [6.07, 6.45) is 1.96. The smallest absolute Gasteiger partial charge is 0.387 e. The van der Waals surface area contributed by atoms with Crippen LogP contribution in [0, 0.1) is 11.3 Å². The van der Waals surface area contributed by atoms with Gasteiger partial charge in [-0.1, -0.05) is 22.0 Å². The van der Waals surface area contributed by atoms with Crippen molar-refractivity contribution in [1.82, 2.24) is 0 Å². The van der Waals surface area contributed by atoms with Gasteiger partial charge in [0.05, 0.1) is 12.5 Å². The zero-order valence-electron chi connectivity index (χ0n) is 9.13. The summed E-state index contributed by atoms with van der Waals surface area (Å²) in [7, 11) is 0. The van der Waals surface area contributed by atoms with Crippen LogP contribution in [0.15, 0.2) is 18.2 Å².